The van der Waals surface area contributed by atoms with Crippen molar-refractivity contribution in [1.82, 2.24) is 10.4 Å². The van der Waals surface area contributed by atoms with Crippen molar-refractivity contribution < 1.29 is 10.1 Å². The first-order chi connectivity index (χ1) is 11.5. The second-order valence-electron chi connectivity index (χ2n) is 6.24. The molecule has 2 rings (SSSR count). The van der Waals surface area contributed by atoms with E-state index in [0.29, 0.717) is 12.5 Å². The number of aliphatic imine (C=N–C) groups is 1. The fourth-order valence-electron chi connectivity index (χ4n) is 2.43. The van der Waals surface area contributed by atoms with Gasteiger partial charge in [0.1, 0.15) is 0 Å². The minimum Gasteiger partial charge on any atom is -0.273 e. The van der Waals surface area contributed by atoms with Gasteiger partial charge in [0.2, 0.25) is 11.7 Å². The van der Waals surface area contributed by atoms with Crippen molar-refractivity contribution in [3.63, 3.8) is 0 Å². The quantitative estimate of drug-likeness (QED) is 0.768. The van der Waals surface area contributed by atoms with Crippen LogP contribution in [-0.4, -0.2) is 29.8 Å². The van der Waals surface area contributed by atoms with Gasteiger partial charge in [-0.15, -0.1) is 0 Å². The van der Waals surface area contributed by atoms with Crippen molar-refractivity contribution in [3.8, 4) is 6.07 Å². The molecule has 1 aliphatic heterocycles. The predicted molar refractivity (Wildman–Crippen MR) is 92.4 cm³/mol. The number of nitriles is 1. The van der Waals surface area contributed by atoms with Crippen LogP contribution in [0.5, 0.6) is 0 Å². The minimum atomic E-state index is -0.511. The Balaban J connectivity index is 2.11. The molecule has 1 aromatic rings. The van der Waals surface area contributed by atoms with E-state index < -0.39 is 6.17 Å². The minimum absolute atomic E-state index is 0.0767. The molecule has 6 heteroatoms. The molecule has 1 amide bonds. The number of carbonyl (C=O) groups is 1. The second kappa shape index (κ2) is 8.27. The van der Waals surface area contributed by atoms with E-state index in [2.05, 4.69) is 30.3 Å². The largest absolute Gasteiger partial charge is 0.273 e. The van der Waals surface area contributed by atoms with Crippen LogP contribution in [0.2, 0.25) is 0 Å². The van der Waals surface area contributed by atoms with Crippen molar-refractivity contribution in [3.05, 3.63) is 47.8 Å². The van der Waals surface area contributed by atoms with Gasteiger partial charge in [-0.25, -0.2) is 10.0 Å². The lowest BCUT2D eigenvalue weighted by Crippen LogP contribution is -2.91. The van der Waals surface area contributed by atoms with E-state index >= 15 is 0 Å². The summed E-state index contributed by atoms with van der Waals surface area (Å²) in [5.41, 5.74) is 3.95. The highest BCUT2D eigenvalue weighted by Crippen LogP contribution is 2.15. The van der Waals surface area contributed by atoms with Gasteiger partial charge in [-0.1, -0.05) is 44.2 Å². The monoisotopic (exact) mass is 326 g/mol. The summed E-state index contributed by atoms with van der Waals surface area (Å²) in [7, 11) is 0. The first kappa shape index (κ1) is 17.7. The highest BCUT2D eigenvalue weighted by molar-refractivity contribution is 5.83. The number of rotatable bonds is 6. The predicted octanol–water partition coefficient (Wildman–Crippen LogP) is 1.12. The number of hydrogen-bond acceptors (Lipinski definition) is 4. The Bertz CT molecular complexity index is 660. The van der Waals surface area contributed by atoms with Crippen LogP contribution in [-0.2, 0) is 4.79 Å². The van der Waals surface area contributed by atoms with Gasteiger partial charge in [0.05, 0.1) is 5.92 Å². The van der Waals surface area contributed by atoms with Crippen LogP contribution < -0.4 is 10.7 Å². The van der Waals surface area contributed by atoms with E-state index in [1.54, 1.807) is 11.5 Å². The normalized spacial score (nSPS) is 17.8. The van der Waals surface area contributed by atoms with Crippen LogP contribution in [0.15, 0.2) is 47.2 Å². The molecule has 0 saturated heterocycles. The summed E-state index contributed by atoms with van der Waals surface area (Å²) in [6.45, 7) is 6.70. The number of nitrogens with one attached hydrogen (secondary N) is 1. The molecule has 0 bridgehead atoms. The molecule has 0 aromatic heterocycles. The second-order valence-corrected chi connectivity index (χ2v) is 6.24. The summed E-state index contributed by atoms with van der Waals surface area (Å²) in [4.78, 5) is 16.7. The first-order valence-corrected chi connectivity index (χ1v) is 8.12. The molecule has 1 aliphatic rings. The zero-order chi connectivity index (χ0) is 17.5. The van der Waals surface area contributed by atoms with Gasteiger partial charge in [0.15, 0.2) is 6.07 Å². The van der Waals surface area contributed by atoms with Gasteiger partial charge >= 0.3 is 0 Å². The molecule has 1 heterocycles. The Kier molecular flexibility index (Phi) is 6.10. The van der Waals surface area contributed by atoms with Gasteiger partial charge in [-0.3, -0.25) is 15.5 Å². The lowest BCUT2D eigenvalue weighted by atomic mass is 10.0. The Labute approximate surface area is 142 Å². The van der Waals surface area contributed by atoms with Gasteiger partial charge < -0.3 is 0 Å². The third-order valence-corrected chi connectivity index (χ3v) is 3.75. The Morgan fingerprint density at radius 1 is 1.38 bits per heavy atom. The van der Waals surface area contributed by atoms with Crippen molar-refractivity contribution in [2.75, 3.05) is 6.54 Å². The standard InChI is InChI=1S/C18H23N5O/c1-13(2)12-23(17-9-10-20-16(11-19)21-17)22-18(24)14(3)15-7-5-4-6-8-15/h4-10,13-14,16,21H,12H2,1-3H3,(H,22,24)/p+1. The highest BCUT2D eigenvalue weighted by atomic mass is 16.2. The van der Waals surface area contributed by atoms with Crippen molar-refractivity contribution in [1.29, 1.82) is 5.26 Å². The summed E-state index contributed by atoms with van der Waals surface area (Å²) < 4.78 is 0. The number of hydrogen-bond donors (Lipinski definition) is 2. The number of amides is 1. The molecule has 6 nitrogen and oxygen atoms in total. The first-order valence-electron chi connectivity index (χ1n) is 8.12. The molecule has 0 saturated carbocycles. The summed E-state index contributed by atoms with van der Waals surface area (Å²) in [6, 6.07) is 11.8. The third-order valence-electron chi connectivity index (χ3n) is 3.75. The molecule has 3 N–H and O–H groups in total. The lowest BCUT2D eigenvalue weighted by molar-refractivity contribution is -0.645. The zero-order valence-electron chi connectivity index (χ0n) is 14.3. The highest BCUT2D eigenvalue weighted by Gasteiger charge is 2.25. The summed E-state index contributed by atoms with van der Waals surface area (Å²) in [5, 5.41) is 12.6. The molecule has 2 unspecified atom stereocenters. The van der Waals surface area contributed by atoms with E-state index in [9.17, 15) is 4.79 Å². The average molecular weight is 326 g/mol. The molecule has 0 fully saturated rings. The number of hydrazine groups is 1. The van der Waals surface area contributed by atoms with Crippen molar-refractivity contribution >= 4 is 12.1 Å². The maximum atomic E-state index is 12.6. The fourth-order valence-corrected chi connectivity index (χ4v) is 2.43. The number of benzene rings is 1. The number of quaternary nitrogens is 1. The molecule has 0 radical (unpaired) electrons. The maximum absolute atomic E-state index is 12.6. The molecule has 126 valence electrons. The molecule has 2 atom stereocenters. The van der Waals surface area contributed by atoms with E-state index in [1.165, 1.54) is 0 Å². The van der Waals surface area contributed by atoms with E-state index in [4.69, 9.17) is 5.26 Å². The smallest absolute Gasteiger partial charge is 0.273 e. The van der Waals surface area contributed by atoms with Crippen LogP contribution in [0, 0.1) is 17.2 Å². The number of nitrogens with two attached hydrogens (primary N) is 1. The number of allylic oxidation sites excluding steroid dienone is 1. The van der Waals surface area contributed by atoms with E-state index in [1.807, 2.05) is 48.3 Å². The van der Waals surface area contributed by atoms with Crippen molar-refractivity contribution in [2.24, 2.45) is 10.9 Å². The molecular formula is C18H24N5O+. The van der Waals surface area contributed by atoms with Crippen LogP contribution in [0.1, 0.15) is 32.3 Å². The fraction of sp³-hybridized carbons (Fsp3) is 0.389. The average Bonchev–Trinajstić information content (AvgIpc) is 2.60. The molecule has 0 aliphatic carbocycles. The molecular weight excluding hydrogens is 302 g/mol. The van der Waals surface area contributed by atoms with Crippen LogP contribution in [0.4, 0.5) is 0 Å². The summed E-state index contributed by atoms with van der Waals surface area (Å²) >= 11 is 0. The van der Waals surface area contributed by atoms with Gasteiger partial charge in [-0.05, 0) is 18.4 Å². The topological polar surface area (TPSA) is 85.1 Å². The molecule has 1 aromatic carbocycles. The number of nitrogens with zero attached hydrogens (tertiary/aromatic N) is 3. The van der Waals surface area contributed by atoms with Crippen LogP contribution >= 0.6 is 0 Å². The Morgan fingerprint density at radius 3 is 2.71 bits per heavy atom. The lowest BCUT2D eigenvalue weighted by Gasteiger charge is -2.29. The summed E-state index contributed by atoms with van der Waals surface area (Å²) in [6.07, 6.45) is 2.91. The zero-order valence-corrected chi connectivity index (χ0v) is 14.3. The Hall–Kier alpha value is -2.65. The molecule has 0 spiro atoms. The van der Waals surface area contributed by atoms with Crippen molar-refractivity contribution in [2.45, 2.75) is 32.9 Å². The van der Waals surface area contributed by atoms with Gasteiger partial charge in [0.25, 0.3) is 6.17 Å². The van der Waals surface area contributed by atoms with Crippen LogP contribution in [0.25, 0.3) is 0 Å². The molecule has 24 heavy (non-hydrogen) atoms. The maximum Gasteiger partial charge on any atom is 0.273 e. The van der Waals surface area contributed by atoms with Gasteiger partial charge in [-0.2, -0.15) is 5.26 Å². The van der Waals surface area contributed by atoms with E-state index in [-0.39, 0.29) is 11.8 Å². The SMILES string of the molecule is CC(C)CN(NC(=O)C(C)c1ccccc1)C1=CC=NC(C#N)[NH2+]1. The van der Waals surface area contributed by atoms with Crippen LogP contribution in [0.3, 0.4) is 0 Å². The third kappa shape index (κ3) is 4.67. The Morgan fingerprint density at radius 2 is 2.08 bits per heavy atom. The van der Waals surface area contributed by atoms with Gasteiger partial charge in [0, 0.05) is 18.8 Å². The number of carbonyl (C=O) groups excluding carboxylic acids is 1. The van der Waals surface area contributed by atoms with E-state index in [0.717, 1.165) is 11.4 Å². The summed E-state index contributed by atoms with van der Waals surface area (Å²) in [5.74, 6) is 0.808.